The summed E-state index contributed by atoms with van der Waals surface area (Å²) in [4.78, 5) is 36.0. The number of non-ortho nitro benzene ring substituents is 1. The Labute approximate surface area is 173 Å². The van der Waals surface area contributed by atoms with Crippen LogP contribution >= 0.6 is 0 Å². The van der Waals surface area contributed by atoms with Crippen LogP contribution in [0, 0.1) is 17.0 Å². The molecule has 0 spiro atoms. The van der Waals surface area contributed by atoms with Gasteiger partial charge in [-0.1, -0.05) is 48.0 Å². The summed E-state index contributed by atoms with van der Waals surface area (Å²) in [6.45, 7) is 1.93. The maximum atomic E-state index is 12.9. The van der Waals surface area contributed by atoms with Gasteiger partial charge in [0.25, 0.3) is 17.5 Å². The standard InChI is InChI=1S/C23H19N3O4/c1-16-10-12-19(13-11-16)24-23(28)21(25-22(27)18-7-3-2-4-8-18)15-17-6-5-9-20(14-17)26(29)30/h2-15H,1H3,(H,24,28)(H,25,27)/b21-15+. The fourth-order valence-corrected chi connectivity index (χ4v) is 2.67. The van der Waals surface area contributed by atoms with Crippen molar-refractivity contribution in [3.8, 4) is 0 Å². The van der Waals surface area contributed by atoms with Gasteiger partial charge in [0.05, 0.1) is 4.92 Å². The van der Waals surface area contributed by atoms with Crippen LogP contribution in [-0.4, -0.2) is 16.7 Å². The lowest BCUT2D eigenvalue weighted by Crippen LogP contribution is -2.30. The average molecular weight is 401 g/mol. The Kier molecular flexibility index (Phi) is 6.34. The minimum Gasteiger partial charge on any atom is -0.321 e. The van der Waals surface area contributed by atoms with Gasteiger partial charge in [0.15, 0.2) is 0 Å². The molecule has 0 atom stereocenters. The summed E-state index contributed by atoms with van der Waals surface area (Å²) in [5.74, 6) is -1.01. The molecule has 0 saturated heterocycles. The summed E-state index contributed by atoms with van der Waals surface area (Å²) < 4.78 is 0. The Morgan fingerprint density at radius 2 is 1.63 bits per heavy atom. The monoisotopic (exact) mass is 401 g/mol. The van der Waals surface area contributed by atoms with Gasteiger partial charge in [0, 0.05) is 23.4 Å². The first-order valence-corrected chi connectivity index (χ1v) is 9.13. The van der Waals surface area contributed by atoms with E-state index in [1.807, 2.05) is 19.1 Å². The molecule has 3 aromatic carbocycles. The Balaban J connectivity index is 1.92. The minimum atomic E-state index is -0.547. The van der Waals surface area contributed by atoms with Crippen LogP contribution in [0.15, 0.2) is 84.6 Å². The van der Waals surface area contributed by atoms with Gasteiger partial charge in [-0.3, -0.25) is 19.7 Å². The van der Waals surface area contributed by atoms with E-state index in [-0.39, 0.29) is 11.4 Å². The fourth-order valence-electron chi connectivity index (χ4n) is 2.67. The highest BCUT2D eigenvalue weighted by Crippen LogP contribution is 2.17. The van der Waals surface area contributed by atoms with Crippen LogP contribution in [0.4, 0.5) is 11.4 Å². The molecule has 0 bridgehead atoms. The van der Waals surface area contributed by atoms with E-state index in [2.05, 4.69) is 10.6 Å². The van der Waals surface area contributed by atoms with E-state index >= 15 is 0 Å². The molecule has 2 amide bonds. The van der Waals surface area contributed by atoms with Gasteiger partial charge < -0.3 is 10.6 Å². The molecule has 0 saturated carbocycles. The summed E-state index contributed by atoms with van der Waals surface area (Å²) in [6, 6.07) is 21.4. The molecular formula is C23H19N3O4. The number of aryl methyl sites for hydroxylation is 1. The van der Waals surface area contributed by atoms with Crippen LogP contribution in [0.2, 0.25) is 0 Å². The minimum absolute atomic E-state index is 0.0371. The number of rotatable bonds is 6. The summed E-state index contributed by atoms with van der Waals surface area (Å²) in [5.41, 5.74) is 2.24. The molecule has 0 fully saturated rings. The van der Waals surface area contributed by atoms with E-state index in [0.29, 0.717) is 16.8 Å². The zero-order chi connectivity index (χ0) is 21.5. The van der Waals surface area contributed by atoms with Gasteiger partial charge >= 0.3 is 0 Å². The van der Waals surface area contributed by atoms with Gasteiger partial charge in [-0.05, 0) is 42.8 Å². The maximum Gasteiger partial charge on any atom is 0.272 e. The molecule has 7 heteroatoms. The number of carbonyl (C=O) groups excluding carboxylic acids is 2. The highest BCUT2D eigenvalue weighted by atomic mass is 16.6. The van der Waals surface area contributed by atoms with Crippen molar-refractivity contribution in [1.29, 1.82) is 0 Å². The molecule has 2 N–H and O–H groups in total. The number of hydrogen-bond acceptors (Lipinski definition) is 4. The Morgan fingerprint density at radius 3 is 2.30 bits per heavy atom. The topological polar surface area (TPSA) is 101 Å². The van der Waals surface area contributed by atoms with Crippen LogP contribution in [0.1, 0.15) is 21.5 Å². The third-order valence-electron chi connectivity index (χ3n) is 4.23. The molecule has 30 heavy (non-hydrogen) atoms. The SMILES string of the molecule is Cc1ccc(NC(=O)/C(=C\c2cccc([N+](=O)[O-])c2)NC(=O)c2ccccc2)cc1. The molecule has 0 aliphatic heterocycles. The van der Waals surface area contributed by atoms with Crippen molar-refractivity contribution in [1.82, 2.24) is 5.32 Å². The van der Waals surface area contributed by atoms with Gasteiger partial charge in [0.1, 0.15) is 5.70 Å². The predicted octanol–water partition coefficient (Wildman–Crippen LogP) is 4.31. The number of amides is 2. The van der Waals surface area contributed by atoms with E-state index < -0.39 is 16.7 Å². The van der Waals surface area contributed by atoms with Crippen LogP contribution in [0.3, 0.4) is 0 Å². The van der Waals surface area contributed by atoms with E-state index in [0.717, 1.165) is 5.56 Å². The lowest BCUT2D eigenvalue weighted by molar-refractivity contribution is -0.384. The van der Waals surface area contributed by atoms with Crippen molar-refractivity contribution >= 4 is 29.3 Å². The Hall–Kier alpha value is -4.26. The molecule has 0 unspecified atom stereocenters. The molecule has 7 nitrogen and oxygen atoms in total. The normalized spacial score (nSPS) is 10.9. The van der Waals surface area contributed by atoms with Crippen molar-refractivity contribution in [2.75, 3.05) is 5.32 Å². The van der Waals surface area contributed by atoms with Crippen molar-refractivity contribution < 1.29 is 14.5 Å². The van der Waals surface area contributed by atoms with Crippen LogP contribution in [0.25, 0.3) is 6.08 Å². The fraction of sp³-hybridized carbons (Fsp3) is 0.0435. The Morgan fingerprint density at radius 1 is 0.933 bits per heavy atom. The van der Waals surface area contributed by atoms with E-state index in [1.165, 1.54) is 24.3 Å². The van der Waals surface area contributed by atoms with Crippen molar-refractivity contribution in [3.05, 3.63) is 111 Å². The highest BCUT2D eigenvalue weighted by molar-refractivity contribution is 6.10. The first kappa shape index (κ1) is 20.5. The van der Waals surface area contributed by atoms with Gasteiger partial charge in [-0.2, -0.15) is 0 Å². The zero-order valence-corrected chi connectivity index (χ0v) is 16.2. The van der Waals surface area contributed by atoms with Gasteiger partial charge in [-0.25, -0.2) is 0 Å². The maximum absolute atomic E-state index is 12.9. The summed E-state index contributed by atoms with van der Waals surface area (Å²) >= 11 is 0. The smallest absolute Gasteiger partial charge is 0.272 e. The molecule has 0 aliphatic rings. The quantitative estimate of drug-likeness (QED) is 0.365. The van der Waals surface area contributed by atoms with Crippen molar-refractivity contribution in [3.63, 3.8) is 0 Å². The number of carbonyl (C=O) groups is 2. The summed E-state index contributed by atoms with van der Waals surface area (Å²) in [5, 5.41) is 16.4. The first-order chi connectivity index (χ1) is 14.4. The number of anilines is 1. The molecule has 0 heterocycles. The molecule has 0 aromatic heterocycles. The molecule has 3 aromatic rings. The molecular weight excluding hydrogens is 382 g/mol. The lowest BCUT2D eigenvalue weighted by atomic mass is 10.1. The Bertz CT molecular complexity index is 1110. The van der Waals surface area contributed by atoms with Gasteiger partial charge in [-0.15, -0.1) is 0 Å². The summed E-state index contributed by atoms with van der Waals surface area (Å²) in [7, 11) is 0. The number of benzene rings is 3. The second-order valence-electron chi connectivity index (χ2n) is 6.55. The van der Waals surface area contributed by atoms with Crippen molar-refractivity contribution in [2.24, 2.45) is 0 Å². The molecule has 0 radical (unpaired) electrons. The van der Waals surface area contributed by atoms with Crippen molar-refractivity contribution in [2.45, 2.75) is 6.92 Å². The lowest BCUT2D eigenvalue weighted by Gasteiger charge is -2.11. The predicted molar refractivity (Wildman–Crippen MR) is 115 cm³/mol. The van der Waals surface area contributed by atoms with E-state index in [4.69, 9.17) is 0 Å². The van der Waals surface area contributed by atoms with Crippen LogP contribution in [-0.2, 0) is 4.79 Å². The number of hydrogen-bond donors (Lipinski definition) is 2. The third-order valence-corrected chi connectivity index (χ3v) is 4.23. The number of nitrogens with one attached hydrogen (secondary N) is 2. The van der Waals surface area contributed by atoms with E-state index in [9.17, 15) is 19.7 Å². The van der Waals surface area contributed by atoms with Gasteiger partial charge in [0.2, 0.25) is 0 Å². The van der Waals surface area contributed by atoms with E-state index in [1.54, 1.807) is 48.5 Å². The van der Waals surface area contributed by atoms with Crippen LogP contribution < -0.4 is 10.6 Å². The second-order valence-corrected chi connectivity index (χ2v) is 6.55. The average Bonchev–Trinajstić information content (AvgIpc) is 2.75. The number of nitro groups is 1. The molecule has 0 aliphatic carbocycles. The first-order valence-electron chi connectivity index (χ1n) is 9.13. The third kappa shape index (κ3) is 5.39. The highest BCUT2D eigenvalue weighted by Gasteiger charge is 2.16. The largest absolute Gasteiger partial charge is 0.321 e. The van der Waals surface area contributed by atoms with Crippen LogP contribution in [0.5, 0.6) is 0 Å². The molecule has 150 valence electrons. The summed E-state index contributed by atoms with van der Waals surface area (Å²) in [6.07, 6.45) is 1.40. The number of nitrogens with zero attached hydrogens (tertiary/aromatic N) is 1. The second kappa shape index (κ2) is 9.29. The zero-order valence-electron chi connectivity index (χ0n) is 16.2. The molecule has 3 rings (SSSR count). The number of nitro benzene ring substituents is 1.